The van der Waals surface area contributed by atoms with Gasteiger partial charge in [0.1, 0.15) is 5.75 Å². The highest BCUT2D eigenvalue weighted by molar-refractivity contribution is 7.89. The molecular weight excluding hydrogens is 442 g/mol. The lowest BCUT2D eigenvalue weighted by molar-refractivity contribution is 0.0911. The van der Waals surface area contributed by atoms with E-state index in [0.29, 0.717) is 22.0 Å². The highest BCUT2D eigenvalue weighted by atomic mass is 35.5. The smallest absolute Gasteiger partial charge is 0.252 e. The minimum atomic E-state index is -3.80. The van der Waals surface area contributed by atoms with Crippen LogP contribution in [-0.2, 0) is 10.0 Å². The van der Waals surface area contributed by atoms with E-state index in [1.807, 2.05) is 11.5 Å². The second-order valence-corrected chi connectivity index (χ2v) is 8.87. The highest BCUT2D eigenvalue weighted by Gasteiger charge is 2.19. The van der Waals surface area contributed by atoms with Crippen LogP contribution < -0.4 is 15.6 Å². The number of carbonyl (C=O) groups excluding carboxylic acids is 2. The van der Waals surface area contributed by atoms with E-state index in [1.54, 1.807) is 25.1 Å². The Hall–Kier alpha value is -3.14. The Balaban J connectivity index is 1.85. The topological polar surface area (TPSA) is 134 Å². The molecule has 0 spiro atoms. The summed E-state index contributed by atoms with van der Waals surface area (Å²) < 4.78 is 30.3. The van der Waals surface area contributed by atoms with Crippen molar-refractivity contribution < 1.29 is 22.7 Å². The molecule has 0 fully saturated rings. The van der Waals surface area contributed by atoms with Gasteiger partial charge in [0.2, 0.25) is 15.8 Å². The van der Waals surface area contributed by atoms with Crippen LogP contribution in [0.1, 0.15) is 32.1 Å². The zero-order valence-corrected chi connectivity index (χ0v) is 18.3. The molecule has 0 saturated heterocycles. The Morgan fingerprint density at radius 2 is 1.68 bits per heavy atom. The molecule has 0 aliphatic carbocycles. The van der Waals surface area contributed by atoms with E-state index in [2.05, 4.69) is 0 Å². The first-order valence-corrected chi connectivity index (χ1v) is 11.0. The molecule has 1 heterocycles. The van der Waals surface area contributed by atoms with Gasteiger partial charge < -0.3 is 15.0 Å². The van der Waals surface area contributed by atoms with Crippen LogP contribution in [0.15, 0.2) is 53.4 Å². The molecule has 10 heteroatoms. The summed E-state index contributed by atoms with van der Waals surface area (Å²) in [5.41, 5.74) is 7.96. The lowest BCUT2D eigenvalue weighted by Gasteiger charge is -2.11. The van der Waals surface area contributed by atoms with Crippen molar-refractivity contribution in [2.45, 2.75) is 18.7 Å². The summed E-state index contributed by atoms with van der Waals surface area (Å²) in [6.07, 6.45) is 0. The first-order chi connectivity index (χ1) is 14.5. The summed E-state index contributed by atoms with van der Waals surface area (Å²) in [7, 11) is -3.80. The van der Waals surface area contributed by atoms with Crippen LogP contribution in [0.2, 0.25) is 5.02 Å². The van der Waals surface area contributed by atoms with Gasteiger partial charge in [0.25, 0.3) is 5.91 Å². The summed E-state index contributed by atoms with van der Waals surface area (Å²) in [6.45, 7) is 3.28. The Bertz CT molecular complexity index is 1280. The van der Waals surface area contributed by atoms with Gasteiger partial charge in [0.15, 0.2) is 6.61 Å². The summed E-state index contributed by atoms with van der Waals surface area (Å²) in [5.74, 6) is -0.852. The van der Waals surface area contributed by atoms with Crippen molar-refractivity contribution in [2.75, 3.05) is 6.61 Å². The normalized spacial score (nSPS) is 11.4. The average Bonchev–Trinajstić information content (AvgIpc) is 3.00. The molecule has 0 saturated carbocycles. The maximum atomic E-state index is 12.8. The molecule has 8 nitrogen and oxygen atoms in total. The monoisotopic (exact) mass is 461 g/mol. The summed E-state index contributed by atoms with van der Waals surface area (Å²) >= 11 is 5.88. The molecule has 2 aromatic carbocycles. The van der Waals surface area contributed by atoms with Crippen molar-refractivity contribution in [3.05, 3.63) is 76.1 Å². The second kappa shape index (κ2) is 8.54. The van der Waals surface area contributed by atoms with E-state index in [1.165, 1.54) is 30.3 Å². The molecule has 0 aliphatic rings. The number of nitrogens with zero attached hydrogens (tertiary/aromatic N) is 1. The van der Waals surface area contributed by atoms with Gasteiger partial charge in [-0.3, -0.25) is 9.59 Å². The fourth-order valence-electron chi connectivity index (χ4n) is 3.27. The first-order valence-electron chi connectivity index (χ1n) is 9.06. The number of amides is 1. The maximum Gasteiger partial charge on any atom is 0.252 e. The molecule has 0 radical (unpaired) electrons. The van der Waals surface area contributed by atoms with Gasteiger partial charge in [-0.25, -0.2) is 13.6 Å². The number of primary amides is 1. The summed E-state index contributed by atoms with van der Waals surface area (Å²) in [4.78, 5) is 24.4. The third-order valence-electron chi connectivity index (χ3n) is 4.72. The number of Topliss-reactive ketones (excluding diaryl/α,β-unsaturated/α-hetero) is 1. The molecule has 0 bridgehead atoms. The Labute approximate surface area is 184 Å². The van der Waals surface area contributed by atoms with Gasteiger partial charge >= 0.3 is 0 Å². The number of primary sulfonamides is 1. The number of rotatable bonds is 7. The molecule has 3 aromatic rings. The van der Waals surface area contributed by atoms with Gasteiger partial charge in [-0.15, -0.1) is 0 Å². The molecule has 4 N–H and O–H groups in total. The largest absolute Gasteiger partial charge is 0.485 e. The fraction of sp³-hybridized carbons (Fsp3) is 0.143. The molecule has 0 unspecified atom stereocenters. The van der Waals surface area contributed by atoms with Gasteiger partial charge in [-0.2, -0.15) is 0 Å². The van der Waals surface area contributed by atoms with E-state index >= 15 is 0 Å². The standard InChI is InChI=1S/C21H20ClN3O5S/c1-12-9-17(13(2)25(12)15-4-6-16(7-5-15)31(24,28)29)19(26)11-30-20-8-3-14(22)10-18(20)21(23)27/h3-10H,11H2,1-2H3,(H2,23,27)(H2,24,28,29). The third-order valence-corrected chi connectivity index (χ3v) is 5.89. The predicted octanol–water partition coefficient (Wildman–Crippen LogP) is 2.76. The molecule has 0 aliphatic heterocycles. The number of halogens is 1. The van der Waals surface area contributed by atoms with Crippen LogP contribution in [-0.4, -0.2) is 31.3 Å². The van der Waals surface area contributed by atoms with Gasteiger partial charge in [0.05, 0.1) is 10.5 Å². The number of sulfonamides is 1. The zero-order valence-electron chi connectivity index (χ0n) is 16.8. The van der Waals surface area contributed by atoms with Gasteiger partial charge in [-0.05, 0) is 62.4 Å². The van der Waals surface area contributed by atoms with Crippen molar-refractivity contribution in [1.82, 2.24) is 4.57 Å². The predicted molar refractivity (Wildman–Crippen MR) is 116 cm³/mol. The van der Waals surface area contributed by atoms with E-state index in [0.717, 1.165) is 5.69 Å². The quantitative estimate of drug-likeness (QED) is 0.521. The zero-order chi connectivity index (χ0) is 22.9. The Morgan fingerprint density at radius 1 is 1.03 bits per heavy atom. The number of benzene rings is 2. The minimum absolute atomic E-state index is 0.00312. The average molecular weight is 462 g/mol. The third kappa shape index (κ3) is 4.79. The van der Waals surface area contributed by atoms with E-state index < -0.39 is 15.9 Å². The SMILES string of the molecule is Cc1cc(C(=O)COc2ccc(Cl)cc2C(N)=O)c(C)n1-c1ccc(S(N)(=O)=O)cc1. The van der Waals surface area contributed by atoms with Crippen molar-refractivity contribution in [1.29, 1.82) is 0 Å². The maximum absolute atomic E-state index is 12.8. The fourth-order valence-corrected chi connectivity index (χ4v) is 3.96. The van der Waals surface area contributed by atoms with Crippen LogP contribution in [0.25, 0.3) is 5.69 Å². The van der Waals surface area contributed by atoms with E-state index in [4.69, 9.17) is 27.2 Å². The number of ketones is 1. The van der Waals surface area contributed by atoms with Crippen molar-refractivity contribution >= 4 is 33.3 Å². The van der Waals surface area contributed by atoms with Gasteiger partial charge in [-0.1, -0.05) is 11.6 Å². The lowest BCUT2D eigenvalue weighted by Crippen LogP contribution is -2.17. The Kier molecular flexibility index (Phi) is 6.21. The Morgan fingerprint density at radius 3 is 2.26 bits per heavy atom. The van der Waals surface area contributed by atoms with Crippen LogP contribution >= 0.6 is 11.6 Å². The first kappa shape index (κ1) is 22.5. The molecular formula is C21H20ClN3O5S. The molecule has 0 atom stereocenters. The molecule has 1 amide bonds. The van der Waals surface area contributed by atoms with Crippen molar-refractivity contribution in [2.24, 2.45) is 10.9 Å². The number of nitrogens with two attached hydrogens (primary N) is 2. The van der Waals surface area contributed by atoms with Crippen LogP contribution in [0, 0.1) is 13.8 Å². The second-order valence-electron chi connectivity index (χ2n) is 6.88. The number of ether oxygens (including phenoxy) is 1. The van der Waals surface area contributed by atoms with E-state index in [9.17, 15) is 18.0 Å². The lowest BCUT2D eigenvalue weighted by atomic mass is 10.1. The number of hydrogen-bond acceptors (Lipinski definition) is 5. The van der Waals surface area contributed by atoms with Crippen LogP contribution in [0.5, 0.6) is 5.75 Å². The minimum Gasteiger partial charge on any atom is -0.485 e. The number of hydrogen-bond donors (Lipinski definition) is 2. The number of carbonyl (C=O) groups is 2. The number of aromatic nitrogens is 1. The summed E-state index contributed by atoms with van der Waals surface area (Å²) in [5, 5.41) is 5.46. The highest BCUT2D eigenvalue weighted by Crippen LogP contribution is 2.25. The molecule has 162 valence electrons. The number of aryl methyl sites for hydroxylation is 1. The molecule has 3 rings (SSSR count). The van der Waals surface area contributed by atoms with E-state index in [-0.39, 0.29) is 28.6 Å². The summed E-state index contributed by atoms with van der Waals surface area (Å²) in [6, 6.07) is 12.1. The molecule has 1 aromatic heterocycles. The van der Waals surface area contributed by atoms with Crippen molar-refractivity contribution in [3.8, 4) is 11.4 Å². The van der Waals surface area contributed by atoms with Crippen LogP contribution in [0.4, 0.5) is 0 Å². The van der Waals surface area contributed by atoms with Crippen LogP contribution in [0.3, 0.4) is 0 Å². The molecule has 31 heavy (non-hydrogen) atoms. The van der Waals surface area contributed by atoms with Crippen molar-refractivity contribution in [3.63, 3.8) is 0 Å². The van der Waals surface area contributed by atoms with Gasteiger partial charge in [0, 0.05) is 27.7 Å².